The Hall–Kier alpha value is -3.29. The van der Waals surface area contributed by atoms with Gasteiger partial charge in [-0.15, -0.1) is 0 Å². The summed E-state index contributed by atoms with van der Waals surface area (Å²) in [4.78, 5) is 44.2. The van der Waals surface area contributed by atoms with Crippen LogP contribution in [-0.2, 0) is 9.47 Å². The van der Waals surface area contributed by atoms with Gasteiger partial charge in [-0.3, -0.25) is 19.8 Å². The molecule has 0 saturated carbocycles. The highest BCUT2D eigenvalue weighted by Crippen LogP contribution is 2.29. The summed E-state index contributed by atoms with van der Waals surface area (Å²) in [6.45, 7) is -1.15. The molecule has 2 aliphatic rings. The van der Waals surface area contributed by atoms with E-state index in [-0.39, 0.29) is 11.6 Å². The number of nitrogens with zero attached hydrogens (tertiary/aromatic N) is 4. The molecule has 2 fully saturated rings. The van der Waals surface area contributed by atoms with Gasteiger partial charge in [0.2, 0.25) is 0 Å². The van der Waals surface area contributed by atoms with Gasteiger partial charge in [0.1, 0.15) is 48.3 Å². The van der Waals surface area contributed by atoms with Crippen LogP contribution >= 0.6 is 0 Å². The Morgan fingerprint density at radius 3 is 1.47 bits per heavy atom. The zero-order chi connectivity index (χ0) is 26.1. The van der Waals surface area contributed by atoms with Crippen molar-refractivity contribution >= 4 is 17.7 Å². The average molecular weight is 512 g/mol. The normalized spacial score (nSPS) is 31.9. The van der Waals surface area contributed by atoms with Crippen molar-refractivity contribution in [1.82, 2.24) is 19.1 Å². The average Bonchev–Trinajstić information content (AvgIpc) is 3.29. The zero-order valence-corrected chi connectivity index (χ0v) is 18.4. The van der Waals surface area contributed by atoms with Crippen molar-refractivity contribution in [2.45, 2.75) is 49.1 Å². The molecule has 4 heterocycles. The lowest BCUT2D eigenvalue weighted by molar-refractivity contribution is -0.0549. The summed E-state index contributed by atoms with van der Waals surface area (Å²) in [5.41, 5.74) is -1.86. The SMILES string of the molecule is O=C(Nc1ccn([C@H]2O[C@@H](CO)[C@@H](O)[C@H]2O)c(=O)n1)Nc1ccn([C@H]2O[C@@H](CO)[C@@H](O)[C@@H]2O)c(=O)n1. The van der Waals surface area contributed by atoms with Gasteiger partial charge >= 0.3 is 17.4 Å². The fourth-order valence-electron chi connectivity index (χ4n) is 3.84. The molecular weight excluding hydrogens is 488 g/mol. The van der Waals surface area contributed by atoms with E-state index in [1.807, 2.05) is 0 Å². The number of nitrogens with one attached hydrogen (secondary N) is 2. The molecule has 2 aromatic rings. The van der Waals surface area contributed by atoms with Gasteiger partial charge in [-0.1, -0.05) is 0 Å². The molecule has 17 heteroatoms. The quantitative estimate of drug-likeness (QED) is 0.182. The summed E-state index contributed by atoms with van der Waals surface area (Å²) in [5.74, 6) is -0.388. The summed E-state index contributed by atoms with van der Waals surface area (Å²) >= 11 is 0. The maximum Gasteiger partial charge on any atom is 0.351 e. The molecule has 0 spiro atoms. The standard InChI is InChI=1S/C19H24N6O11/c26-5-7-11(28)13(30)15(35-7)24-3-1-9(22-18(24)33)20-17(32)21-10-2-4-25(19(34)23-10)16-14(31)12(29)8(6-27)36-16/h1-4,7-8,11-16,26-31H,5-6H2,(H2,20,21,22,23,32,33,34)/t7-,8-,11+,12+,13-,14+,15-,16-/m0/s1. The maximum absolute atomic E-state index is 12.3. The number of hydrogen-bond donors (Lipinski definition) is 8. The van der Waals surface area contributed by atoms with Gasteiger partial charge in [0.15, 0.2) is 12.5 Å². The Morgan fingerprint density at radius 1 is 0.778 bits per heavy atom. The lowest BCUT2D eigenvalue weighted by Gasteiger charge is -2.17. The fraction of sp³-hybridized carbons (Fsp3) is 0.526. The second-order valence-electron chi connectivity index (χ2n) is 8.04. The van der Waals surface area contributed by atoms with Crippen LogP contribution in [0.5, 0.6) is 0 Å². The molecule has 0 aliphatic carbocycles. The third-order valence-electron chi connectivity index (χ3n) is 5.73. The number of carbonyl (C=O) groups excluding carboxylic acids is 1. The van der Waals surface area contributed by atoms with E-state index in [1.165, 1.54) is 12.1 Å². The highest BCUT2D eigenvalue weighted by molar-refractivity contribution is 5.98. The zero-order valence-electron chi connectivity index (χ0n) is 18.4. The van der Waals surface area contributed by atoms with E-state index in [1.54, 1.807) is 0 Å². The number of ether oxygens (including phenoxy) is 2. The molecule has 2 aromatic heterocycles. The first-order valence-electron chi connectivity index (χ1n) is 10.7. The smallest absolute Gasteiger partial charge is 0.351 e. The molecule has 2 aliphatic heterocycles. The van der Waals surface area contributed by atoms with Gasteiger partial charge in [-0.25, -0.2) is 14.4 Å². The first-order valence-corrected chi connectivity index (χ1v) is 10.7. The largest absolute Gasteiger partial charge is 0.394 e. The molecule has 17 nitrogen and oxygen atoms in total. The maximum atomic E-state index is 12.3. The van der Waals surface area contributed by atoms with Crippen molar-refractivity contribution in [2.75, 3.05) is 23.8 Å². The van der Waals surface area contributed by atoms with Gasteiger partial charge in [0.05, 0.1) is 13.2 Å². The number of amides is 2. The summed E-state index contributed by atoms with van der Waals surface area (Å²) in [7, 11) is 0. The van der Waals surface area contributed by atoms with Crippen LogP contribution in [0, 0.1) is 0 Å². The number of aromatic nitrogens is 4. The van der Waals surface area contributed by atoms with Crippen molar-refractivity contribution in [3.05, 3.63) is 45.5 Å². The fourth-order valence-corrected chi connectivity index (χ4v) is 3.84. The van der Waals surface area contributed by atoms with Crippen molar-refractivity contribution < 1.29 is 44.9 Å². The molecule has 0 bridgehead atoms. The molecular formula is C19H24N6O11. The molecule has 0 unspecified atom stereocenters. The van der Waals surface area contributed by atoms with Crippen LogP contribution in [0.2, 0.25) is 0 Å². The van der Waals surface area contributed by atoms with Crippen molar-refractivity contribution in [2.24, 2.45) is 0 Å². The topological polar surface area (TPSA) is 251 Å². The van der Waals surface area contributed by atoms with E-state index in [2.05, 4.69) is 20.6 Å². The summed E-state index contributed by atoms with van der Waals surface area (Å²) in [6, 6.07) is 1.51. The van der Waals surface area contributed by atoms with E-state index in [9.17, 15) is 34.8 Å². The van der Waals surface area contributed by atoms with E-state index in [0.29, 0.717) is 0 Å². The van der Waals surface area contributed by atoms with Gasteiger partial charge < -0.3 is 40.1 Å². The van der Waals surface area contributed by atoms with Crippen LogP contribution in [-0.4, -0.2) is 106 Å². The number of aliphatic hydroxyl groups excluding tert-OH is 6. The Balaban J connectivity index is 1.41. The second-order valence-corrected chi connectivity index (χ2v) is 8.04. The Kier molecular flexibility index (Phi) is 7.43. The number of urea groups is 1. The predicted octanol–water partition coefficient (Wildman–Crippen LogP) is -4.33. The Labute approximate surface area is 200 Å². The molecule has 4 rings (SSSR count). The third-order valence-corrected chi connectivity index (χ3v) is 5.73. The van der Waals surface area contributed by atoms with Crippen molar-refractivity contribution in [1.29, 1.82) is 0 Å². The minimum atomic E-state index is -1.49. The molecule has 0 radical (unpaired) electrons. The van der Waals surface area contributed by atoms with Gasteiger partial charge in [-0.2, -0.15) is 9.97 Å². The van der Waals surface area contributed by atoms with E-state index < -0.39 is 79.7 Å². The predicted molar refractivity (Wildman–Crippen MR) is 116 cm³/mol. The minimum Gasteiger partial charge on any atom is -0.394 e. The molecule has 196 valence electrons. The van der Waals surface area contributed by atoms with Crippen LogP contribution in [0.4, 0.5) is 16.4 Å². The Morgan fingerprint density at radius 2 is 1.17 bits per heavy atom. The van der Waals surface area contributed by atoms with E-state index in [4.69, 9.17) is 19.7 Å². The lowest BCUT2D eigenvalue weighted by atomic mass is 10.1. The van der Waals surface area contributed by atoms with Gasteiger partial charge in [0.25, 0.3) is 0 Å². The van der Waals surface area contributed by atoms with E-state index in [0.717, 1.165) is 21.5 Å². The number of hydrogen-bond acceptors (Lipinski definition) is 13. The number of aliphatic hydroxyl groups is 6. The number of rotatable bonds is 6. The van der Waals surface area contributed by atoms with Gasteiger partial charge in [-0.05, 0) is 12.1 Å². The molecule has 36 heavy (non-hydrogen) atoms. The number of carbonyl (C=O) groups is 1. The molecule has 2 amide bonds. The van der Waals surface area contributed by atoms with Crippen LogP contribution in [0.25, 0.3) is 0 Å². The van der Waals surface area contributed by atoms with Crippen molar-refractivity contribution in [3.63, 3.8) is 0 Å². The summed E-state index contributed by atoms with van der Waals surface area (Å²) in [6.07, 6.45) is -8.28. The molecule has 2 saturated heterocycles. The first kappa shape index (κ1) is 25.8. The van der Waals surface area contributed by atoms with Gasteiger partial charge in [0, 0.05) is 12.4 Å². The summed E-state index contributed by atoms with van der Waals surface area (Å²) in [5, 5.41) is 62.6. The summed E-state index contributed by atoms with van der Waals surface area (Å²) < 4.78 is 12.3. The second kappa shape index (κ2) is 10.4. The molecule has 8 N–H and O–H groups in total. The van der Waals surface area contributed by atoms with Crippen LogP contribution in [0.3, 0.4) is 0 Å². The molecule has 8 atom stereocenters. The van der Waals surface area contributed by atoms with E-state index >= 15 is 0 Å². The highest BCUT2D eigenvalue weighted by Gasteiger charge is 2.44. The lowest BCUT2D eigenvalue weighted by Crippen LogP contribution is -2.36. The van der Waals surface area contributed by atoms with Crippen LogP contribution < -0.4 is 22.0 Å². The van der Waals surface area contributed by atoms with Crippen LogP contribution in [0.15, 0.2) is 34.1 Å². The minimum absolute atomic E-state index is 0.194. The first-order chi connectivity index (χ1) is 17.1. The Bertz CT molecular complexity index is 1130. The molecule has 0 aromatic carbocycles. The van der Waals surface area contributed by atoms with Crippen molar-refractivity contribution in [3.8, 4) is 0 Å². The highest BCUT2D eigenvalue weighted by atomic mass is 16.6. The van der Waals surface area contributed by atoms with Crippen LogP contribution in [0.1, 0.15) is 12.5 Å². The monoisotopic (exact) mass is 512 g/mol. The number of anilines is 2. The third kappa shape index (κ3) is 4.86.